The summed E-state index contributed by atoms with van der Waals surface area (Å²) in [7, 11) is 1.70. The van der Waals surface area contributed by atoms with Crippen LogP contribution in [-0.4, -0.2) is 22.4 Å². The Hall–Kier alpha value is -2.03. The highest BCUT2D eigenvalue weighted by Crippen LogP contribution is 2.34. The first kappa shape index (κ1) is 11.1. The van der Waals surface area contributed by atoms with E-state index in [0.29, 0.717) is 11.2 Å². The number of rotatable bonds is 0. The second kappa shape index (κ2) is 4.02. The average Bonchev–Trinajstić information content (AvgIpc) is 2.77. The Labute approximate surface area is 105 Å². The molecular formula is C12H16N6. The number of anilines is 1. The Bertz CT molecular complexity index is 573. The molecule has 0 amide bonds. The zero-order valence-electron chi connectivity index (χ0n) is 10.4. The van der Waals surface area contributed by atoms with Crippen LogP contribution in [-0.2, 0) is 0 Å². The van der Waals surface area contributed by atoms with E-state index in [1.54, 1.807) is 13.2 Å². The number of nitriles is 1. The molecule has 1 saturated carbocycles. The molecular weight excluding hydrogens is 228 g/mol. The smallest absolute Gasteiger partial charge is 0.245 e. The molecule has 94 valence electrons. The highest BCUT2D eigenvalue weighted by atomic mass is 15.6. The molecule has 0 radical (unpaired) electrons. The first-order valence-corrected chi connectivity index (χ1v) is 6.29. The summed E-state index contributed by atoms with van der Waals surface area (Å²) in [6.07, 6.45) is 7.36. The molecule has 1 fully saturated rings. The summed E-state index contributed by atoms with van der Waals surface area (Å²) >= 11 is 0. The van der Waals surface area contributed by atoms with Gasteiger partial charge in [0.15, 0.2) is 0 Å². The van der Waals surface area contributed by atoms with Gasteiger partial charge in [-0.1, -0.05) is 6.42 Å². The summed E-state index contributed by atoms with van der Waals surface area (Å²) in [5.74, 6) is 0.787. The van der Waals surface area contributed by atoms with Crippen molar-refractivity contribution >= 4 is 5.82 Å². The molecule has 2 N–H and O–H groups in total. The molecule has 1 aromatic rings. The molecule has 2 aliphatic rings. The van der Waals surface area contributed by atoms with Crippen LogP contribution in [0.15, 0.2) is 11.2 Å². The third kappa shape index (κ3) is 1.55. The minimum atomic E-state index is -0.126. The number of nitrogens with one attached hydrogen (secondary N) is 2. The fourth-order valence-electron chi connectivity index (χ4n) is 2.79. The van der Waals surface area contributed by atoms with Gasteiger partial charge in [0.1, 0.15) is 23.1 Å². The van der Waals surface area contributed by atoms with Gasteiger partial charge < -0.3 is 5.32 Å². The highest BCUT2D eigenvalue weighted by molar-refractivity contribution is 5.56. The van der Waals surface area contributed by atoms with Crippen LogP contribution < -0.4 is 16.4 Å². The van der Waals surface area contributed by atoms with Gasteiger partial charge in [-0.15, -0.1) is 0 Å². The summed E-state index contributed by atoms with van der Waals surface area (Å²) in [6.45, 7) is 0. The first-order valence-electron chi connectivity index (χ1n) is 6.29. The molecule has 2 heterocycles. The van der Waals surface area contributed by atoms with E-state index in [-0.39, 0.29) is 5.66 Å². The SMILES string of the molecule is CN=c1ncc(C#N)c2n1NC1(CCCCC1)N2. The molecule has 18 heavy (non-hydrogen) atoms. The monoisotopic (exact) mass is 244 g/mol. The lowest BCUT2D eigenvalue weighted by atomic mass is 9.90. The van der Waals surface area contributed by atoms with Crippen molar-refractivity contribution < 1.29 is 0 Å². The predicted molar refractivity (Wildman–Crippen MR) is 67.2 cm³/mol. The zero-order valence-corrected chi connectivity index (χ0v) is 10.4. The van der Waals surface area contributed by atoms with Gasteiger partial charge in [-0.2, -0.15) is 5.26 Å². The van der Waals surface area contributed by atoms with Crippen LogP contribution in [0.1, 0.15) is 37.7 Å². The van der Waals surface area contributed by atoms with Crippen molar-refractivity contribution in [2.24, 2.45) is 4.99 Å². The molecule has 0 bridgehead atoms. The summed E-state index contributed by atoms with van der Waals surface area (Å²) in [5, 5.41) is 12.6. The Kier molecular flexibility index (Phi) is 2.47. The van der Waals surface area contributed by atoms with Crippen LogP contribution in [0.3, 0.4) is 0 Å². The van der Waals surface area contributed by atoms with Crippen molar-refractivity contribution in [1.29, 1.82) is 5.26 Å². The molecule has 0 aromatic carbocycles. The van der Waals surface area contributed by atoms with Crippen molar-refractivity contribution in [1.82, 2.24) is 9.66 Å². The predicted octanol–water partition coefficient (Wildman–Crippen LogP) is 0.915. The van der Waals surface area contributed by atoms with Gasteiger partial charge in [0, 0.05) is 7.05 Å². The third-order valence-corrected chi connectivity index (χ3v) is 3.70. The van der Waals surface area contributed by atoms with Crippen molar-refractivity contribution in [3.05, 3.63) is 17.4 Å². The molecule has 0 unspecified atom stereocenters. The van der Waals surface area contributed by atoms with Crippen molar-refractivity contribution in [3.8, 4) is 6.07 Å². The van der Waals surface area contributed by atoms with E-state index in [2.05, 4.69) is 26.8 Å². The highest BCUT2D eigenvalue weighted by Gasteiger charge is 2.38. The Balaban J connectivity index is 2.09. The summed E-state index contributed by atoms with van der Waals surface area (Å²) < 4.78 is 1.81. The van der Waals surface area contributed by atoms with Gasteiger partial charge in [-0.25, -0.2) is 9.66 Å². The number of hydrogen-bond donors (Lipinski definition) is 2. The normalized spacial score (nSPS) is 21.0. The maximum Gasteiger partial charge on any atom is 0.245 e. The topological polar surface area (TPSA) is 78.0 Å². The van der Waals surface area contributed by atoms with Crippen LogP contribution in [0.25, 0.3) is 0 Å². The number of nitrogens with zero attached hydrogens (tertiary/aromatic N) is 4. The van der Waals surface area contributed by atoms with Gasteiger partial charge >= 0.3 is 0 Å². The molecule has 1 aromatic heterocycles. The minimum Gasteiger partial charge on any atom is -0.345 e. The Morgan fingerprint density at radius 2 is 2.22 bits per heavy atom. The van der Waals surface area contributed by atoms with Crippen LogP contribution >= 0.6 is 0 Å². The quantitative estimate of drug-likeness (QED) is 0.711. The fourth-order valence-corrected chi connectivity index (χ4v) is 2.79. The van der Waals surface area contributed by atoms with Gasteiger partial charge in [0.05, 0.1) is 6.20 Å². The van der Waals surface area contributed by atoms with Crippen molar-refractivity contribution in [2.45, 2.75) is 37.8 Å². The maximum absolute atomic E-state index is 9.15. The average molecular weight is 244 g/mol. The van der Waals surface area contributed by atoms with Crippen LogP contribution in [0, 0.1) is 11.3 Å². The number of hydrogen-bond acceptors (Lipinski definition) is 5. The minimum absolute atomic E-state index is 0.126. The zero-order chi connectivity index (χ0) is 12.6. The standard InChI is InChI=1S/C12H16N6/c1-14-11-15-8-9(7-13)10-16-12(17-18(10)11)5-3-2-4-6-12/h8,16-17H,2-6H2,1H3. The summed E-state index contributed by atoms with van der Waals surface area (Å²) in [5.41, 5.74) is 4.47. The van der Waals surface area contributed by atoms with E-state index < -0.39 is 0 Å². The first-order chi connectivity index (χ1) is 8.78. The van der Waals surface area contributed by atoms with Crippen LogP contribution in [0.2, 0.25) is 0 Å². The Morgan fingerprint density at radius 3 is 2.89 bits per heavy atom. The fraction of sp³-hybridized carbons (Fsp3) is 0.583. The van der Waals surface area contributed by atoms with E-state index in [1.807, 2.05) is 4.68 Å². The maximum atomic E-state index is 9.15. The molecule has 3 rings (SSSR count). The number of fused-ring (bicyclic) bond motifs is 1. The van der Waals surface area contributed by atoms with Crippen molar-refractivity contribution in [2.75, 3.05) is 17.8 Å². The second-order valence-corrected chi connectivity index (χ2v) is 4.87. The van der Waals surface area contributed by atoms with E-state index in [9.17, 15) is 0 Å². The second-order valence-electron chi connectivity index (χ2n) is 4.87. The Morgan fingerprint density at radius 1 is 1.44 bits per heavy atom. The third-order valence-electron chi connectivity index (χ3n) is 3.70. The lowest BCUT2D eigenvalue weighted by molar-refractivity contribution is 0.352. The van der Waals surface area contributed by atoms with Crippen LogP contribution in [0.5, 0.6) is 0 Å². The lowest BCUT2D eigenvalue weighted by Gasteiger charge is -2.33. The van der Waals surface area contributed by atoms with E-state index in [1.165, 1.54) is 19.3 Å². The molecule has 0 atom stereocenters. The molecule has 6 nitrogen and oxygen atoms in total. The largest absolute Gasteiger partial charge is 0.345 e. The van der Waals surface area contributed by atoms with E-state index >= 15 is 0 Å². The molecule has 6 heteroatoms. The van der Waals surface area contributed by atoms with Gasteiger partial charge in [-0.05, 0) is 25.7 Å². The lowest BCUT2D eigenvalue weighted by Crippen LogP contribution is -2.47. The molecule has 1 aliphatic heterocycles. The molecule has 0 saturated heterocycles. The van der Waals surface area contributed by atoms with Crippen molar-refractivity contribution in [3.63, 3.8) is 0 Å². The van der Waals surface area contributed by atoms with Crippen LogP contribution in [0.4, 0.5) is 5.82 Å². The molecule has 1 aliphatic carbocycles. The number of aromatic nitrogens is 2. The van der Waals surface area contributed by atoms with E-state index in [4.69, 9.17) is 5.26 Å². The van der Waals surface area contributed by atoms with Gasteiger partial charge in [0.25, 0.3) is 0 Å². The summed E-state index contributed by atoms with van der Waals surface area (Å²) in [4.78, 5) is 8.32. The summed E-state index contributed by atoms with van der Waals surface area (Å²) in [6, 6.07) is 2.17. The molecule has 1 spiro atoms. The van der Waals surface area contributed by atoms with E-state index in [0.717, 1.165) is 18.7 Å². The van der Waals surface area contributed by atoms with Gasteiger partial charge in [-0.3, -0.25) is 10.4 Å². The van der Waals surface area contributed by atoms with Gasteiger partial charge in [0.2, 0.25) is 5.62 Å².